The molecule has 0 aliphatic heterocycles. The number of nitrogens with zero attached hydrogens (tertiary/aromatic N) is 4. The summed E-state index contributed by atoms with van der Waals surface area (Å²) < 4.78 is 15.1. The van der Waals surface area contributed by atoms with Crippen LogP contribution in [0.25, 0.3) is 5.69 Å². The van der Waals surface area contributed by atoms with Crippen LogP contribution in [0.1, 0.15) is 36.4 Å². The summed E-state index contributed by atoms with van der Waals surface area (Å²) in [4.78, 5) is 18.3. The highest BCUT2D eigenvalue weighted by Gasteiger charge is 2.40. The molecule has 7 heteroatoms. The first-order valence-corrected chi connectivity index (χ1v) is 9.26. The summed E-state index contributed by atoms with van der Waals surface area (Å²) in [6.45, 7) is 1.99. The van der Waals surface area contributed by atoms with E-state index < -0.39 is 0 Å². The lowest BCUT2D eigenvalue weighted by molar-refractivity contribution is 0.194. The maximum Gasteiger partial charge on any atom is 0.317 e. The van der Waals surface area contributed by atoms with Gasteiger partial charge in [0, 0.05) is 19.0 Å². The van der Waals surface area contributed by atoms with Crippen LogP contribution in [-0.2, 0) is 0 Å². The SMILES string of the molecule is CC(c1ccc(-n2cncn2)cc1)N(C)C(=O)NC1CC1c1cccc(F)c1. The van der Waals surface area contributed by atoms with Crippen molar-refractivity contribution >= 4 is 6.03 Å². The van der Waals surface area contributed by atoms with E-state index in [1.165, 1.54) is 12.4 Å². The predicted molar refractivity (Wildman–Crippen MR) is 104 cm³/mol. The third kappa shape index (κ3) is 3.74. The van der Waals surface area contributed by atoms with Gasteiger partial charge in [0.1, 0.15) is 18.5 Å². The van der Waals surface area contributed by atoms with E-state index in [1.807, 2.05) is 37.3 Å². The highest BCUT2D eigenvalue weighted by molar-refractivity contribution is 5.75. The molecule has 1 fully saturated rings. The van der Waals surface area contributed by atoms with Gasteiger partial charge in [0.15, 0.2) is 0 Å². The van der Waals surface area contributed by atoms with Crippen molar-refractivity contribution < 1.29 is 9.18 Å². The van der Waals surface area contributed by atoms with Gasteiger partial charge in [-0.3, -0.25) is 0 Å². The predicted octanol–water partition coefficient (Wildman–Crippen LogP) is 3.66. The maximum absolute atomic E-state index is 13.4. The molecule has 1 aromatic heterocycles. The smallest absolute Gasteiger partial charge is 0.317 e. The number of amides is 2. The lowest BCUT2D eigenvalue weighted by Crippen LogP contribution is -2.40. The molecule has 0 radical (unpaired) electrons. The average Bonchev–Trinajstić information content (AvgIpc) is 3.25. The minimum absolute atomic E-state index is 0.0543. The quantitative estimate of drug-likeness (QED) is 0.736. The summed E-state index contributed by atoms with van der Waals surface area (Å²) in [5.41, 5.74) is 2.88. The molecule has 1 N–H and O–H groups in total. The molecule has 4 rings (SSSR count). The number of urea groups is 1. The Bertz CT molecular complexity index is 957. The van der Waals surface area contributed by atoms with Crippen LogP contribution in [-0.4, -0.2) is 38.8 Å². The first-order valence-electron chi connectivity index (χ1n) is 9.26. The molecule has 28 heavy (non-hydrogen) atoms. The molecule has 2 aromatic carbocycles. The van der Waals surface area contributed by atoms with Crippen LogP contribution in [0, 0.1) is 5.82 Å². The summed E-state index contributed by atoms with van der Waals surface area (Å²) >= 11 is 0. The topological polar surface area (TPSA) is 63.1 Å². The summed E-state index contributed by atoms with van der Waals surface area (Å²) in [6, 6.07) is 14.3. The first-order chi connectivity index (χ1) is 13.5. The average molecular weight is 379 g/mol. The zero-order valence-corrected chi connectivity index (χ0v) is 15.8. The van der Waals surface area contributed by atoms with Crippen molar-refractivity contribution in [3.63, 3.8) is 0 Å². The van der Waals surface area contributed by atoms with Crippen molar-refractivity contribution in [2.75, 3.05) is 7.05 Å². The third-order valence-electron chi connectivity index (χ3n) is 5.34. The van der Waals surface area contributed by atoms with Crippen LogP contribution in [0.2, 0.25) is 0 Å². The number of hydrogen-bond donors (Lipinski definition) is 1. The summed E-state index contributed by atoms with van der Waals surface area (Å²) in [5, 5.41) is 7.16. The Morgan fingerprint density at radius 3 is 2.75 bits per heavy atom. The highest BCUT2D eigenvalue weighted by Crippen LogP contribution is 2.41. The fourth-order valence-electron chi connectivity index (χ4n) is 3.37. The molecule has 1 aliphatic carbocycles. The molecule has 0 bridgehead atoms. The number of benzene rings is 2. The largest absolute Gasteiger partial charge is 0.335 e. The van der Waals surface area contributed by atoms with Crippen LogP contribution in [0.4, 0.5) is 9.18 Å². The number of rotatable bonds is 5. The molecule has 3 aromatic rings. The number of carbonyl (C=O) groups is 1. The fraction of sp³-hybridized carbons (Fsp3) is 0.286. The van der Waals surface area contributed by atoms with Crippen molar-refractivity contribution in [3.05, 3.63) is 78.1 Å². The van der Waals surface area contributed by atoms with E-state index in [0.717, 1.165) is 23.2 Å². The van der Waals surface area contributed by atoms with Gasteiger partial charge in [-0.15, -0.1) is 0 Å². The molecule has 2 amide bonds. The molecule has 0 spiro atoms. The minimum atomic E-state index is -0.241. The van der Waals surface area contributed by atoms with Gasteiger partial charge < -0.3 is 10.2 Å². The monoisotopic (exact) mass is 379 g/mol. The molecule has 1 heterocycles. The molecule has 6 nitrogen and oxygen atoms in total. The van der Waals surface area contributed by atoms with Gasteiger partial charge >= 0.3 is 6.03 Å². The van der Waals surface area contributed by atoms with Gasteiger partial charge in [-0.05, 0) is 48.7 Å². The van der Waals surface area contributed by atoms with Crippen LogP contribution in [0.5, 0.6) is 0 Å². The van der Waals surface area contributed by atoms with Gasteiger partial charge in [0.2, 0.25) is 0 Å². The van der Waals surface area contributed by atoms with E-state index >= 15 is 0 Å². The van der Waals surface area contributed by atoms with Crippen molar-refractivity contribution in [2.45, 2.75) is 31.3 Å². The van der Waals surface area contributed by atoms with Crippen LogP contribution < -0.4 is 5.32 Å². The Balaban J connectivity index is 1.36. The van der Waals surface area contributed by atoms with Crippen LogP contribution in [0.15, 0.2) is 61.2 Å². The van der Waals surface area contributed by atoms with Crippen LogP contribution >= 0.6 is 0 Å². The molecule has 144 valence electrons. The second-order valence-corrected chi connectivity index (χ2v) is 7.17. The Labute approximate surface area is 163 Å². The summed E-state index contributed by atoms with van der Waals surface area (Å²) in [6.07, 6.45) is 3.97. The van der Waals surface area contributed by atoms with Crippen molar-refractivity contribution in [1.82, 2.24) is 25.0 Å². The highest BCUT2D eigenvalue weighted by atomic mass is 19.1. The number of halogens is 1. The van der Waals surface area contributed by atoms with Gasteiger partial charge in [-0.2, -0.15) is 5.10 Å². The lowest BCUT2D eigenvalue weighted by Gasteiger charge is -2.26. The minimum Gasteiger partial charge on any atom is -0.335 e. The number of aromatic nitrogens is 3. The number of carbonyl (C=O) groups excluding carboxylic acids is 1. The van der Waals surface area contributed by atoms with Gasteiger partial charge in [-0.25, -0.2) is 18.9 Å². The summed E-state index contributed by atoms with van der Waals surface area (Å²) in [5.74, 6) is -0.0557. The zero-order valence-electron chi connectivity index (χ0n) is 15.8. The van der Waals surface area contributed by atoms with E-state index in [1.54, 1.807) is 35.1 Å². The Kier molecular flexibility index (Phi) is 4.81. The second-order valence-electron chi connectivity index (χ2n) is 7.17. The molecule has 3 atom stereocenters. The Hall–Kier alpha value is -3.22. The van der Waals surface area contributed by atoms with Gasteiger partial charge in [0.05, 0.1) is 11.7 Å². The fourth-order valence-corrected chi connectivity index (χ4v) is 3.37. The first kappa shape index (κ1) is 18.2. The van der Waals surface area contributed by atoms with Crippen molar-refractivity contribution in [2.24, 2.45) is 0 Å². The molecule has 1 saturated carbocycles. The number of hydrogen-bond acceptors (Lipinski definition) is 3. The van der Waals surface area contributed by atoms with Crippen molar-refractivity contribution in [3.8, 4) is 5.69 Å². The Morgan fingerprint density at radius 1 is 1.29 bits per heavy atom. The lowest BCUT2D eigenvalue weighted by atomic mass is 10.1. The molecule has 0 saturated heterocycles. The number of nitrogens with one attached hydrogen (secondary N) is 1. The van der Waals surface area contributed by atoms with Crippen LogP contribution in [0.3, 0.4) is 0 Å². The Morgan fingerprint density at radius 2 is 2.07 bits per heavy atom. The second kappa shape index (κ2) is 7.42. The van der Waals surface area contributed by atoms with E-state index in [2.05, 4.69) is 15.4 Å². The van der Waals surface area contributed by atoms with Gasteiger partial charge in [0.25, 0.3) is 0 Å². The standard InChI is InChI=1S/C21H22FN5O/c1-14(15-6-8-18(9-7-15)27-13-23-12-24-27)26(2)21(28)25-20-11-19(20)16-4-3-5-17(22)10-16/h3-10,12-14,19-20H,11H2,1-2H3,(H,25,28). The normalized spacial score (nSPS) is 19.1. The summed E-state index contributed by atoms with van der Waals surface area (Å²) in [7, 11) is 1.78. The molecular weight excluding hydrogens is 357 g/mol. The van der Waals surface area contributed by atoms with E-state index in [0.29, 0.717) is 0 Å². The molecule has 3 unspecified atom stereocenters. The van der Waals surface area contributed by atoms with E-state index in [-0.39, 0.29) is 29.8 Å². The molecule has 1 aliphatic rings. The molecular formula is C21H22FN5O. The zero-order chi connectivity index (χ0) is 19.7. The van der Waals surface area contributed by atoms with Crippen molar-refractivity contribution in [1.29, 1.82) is 0 Å². The van der Waals surface area contributed by atoms with E-state index in [4.69, 9.17) is 0 Å². The maximum atomic E-state index is 13.4. The van der Waals surface area contributed by atoms with E-state index in [9.17, 15) is 9.18 Å². The third-order valence-corrected chi connectivity index (χ3v) is 5.34. The van der Waals surface area contributed by atoms with Gasteiger partial charge in [-0.1, -0.05) is 24.3 Å².